The molecule has 0 N–H and O–H groups in total. The van der Waals surface area contributed by atoms with Gasteiger partial charge >= 0.3 is 0 Å². The van der Waals surface area contributed by atoms with Crippen LogP contribution in [0, 0.1) is 23.7 Å². The van der Waals surface area contributed by atoms with Crippen LogP contribution < -0.4 is 0 Å². The first-order valence-corrected chi connectivity index (χ1v) is 6.54. The molecule has 0 atom stereocenters. The Morgan fingerprint density at radius 3 is 2.69 bits per heavy atom. The Labute approximate surface area is 105 Å². The molecule has 1 saturated carbocycles. The molecule has 1 heterocycles. The Morgan fingerprint density at radius 2 is 2.25 bits per heavy atom. The van der Waals surface area contributed by atoms with Gasteiger partial charge in [0.25, 0.3) is 0 Å². The third-order valence-corrected chi connectivity index (χ3v) is 4.54. The molecule has 1 aliphatic rings. The highest BCUT2D eigenvalue weighted by Gasteiger charge is 2.38. The van der Waals surface area contributed by atoms with Gasteiger partial charge in [0, 0.05) is 13.0 Å². The fourth-order valence-electron chi connectivity index (χ4n) is 2.29. The van der Waals surface area contributed by atoms with Crippen LogP contribution in [0.3, 0.4) is 0 Å². The summed E-state index contributed by atoms with van der Waals surface area (Å²) in [6.45, 7) is 4.95. The second-order valence-corrected chi connectivity index (χ2v) is 5.38. The van der Waals surface area contributed by atoms with E-state index in [0.717, 1.165) is 36.0 Å². The normalized spacial score (nSPS) is 17.9. The van der Waals surface area contributed by atoms with E-state index in [4.69, 9.17) is 0 Å². The van der Waals surface area contributed by atoms with Crippen molar-refractivity contribution in [3.63, 3.8) is 0 Å². The van der Waals surface area contributed by atoms with Gasteiger partial charge in [-0.25, -0.2) is 0 Å². The zero-order valence-electron chi connectivity index (χ0n) is 9.76. The third-order valence-electron chi connectivity index (χ3n) is 3.51. The van der Waals surface area contributed by atoms with Gasteiger partial charge < -0.3 is 0 Å². The standard InChI is InChI=1S/C12H16BrN3/c1-3-16-10(11(13)9(2)15-16)7-12(8-14)5-4-6-12/h3-7H2,1-2H3. The van der Waals surface area contributed by atoms with E-state index in [9.17, 15) is 5.26 Å². The molecule has 2 rings (SSSR count). The summed E-state index contributed by atoms with van der Waals surface area (Å²) >= 11 is 3.58. The lowest BCUT2D eigenvalue weighted by molar-refractivity contribution is 0.209. The number of hydrogen-bond acceptors (Lipinski definition) is 2. The lowest BCUT2D eigenvalue weighted by Gasteiger charge is -2.35. The van der Waals surface area contributed by atoms with Crippen molar-refractivity contribution in [3.05, 3.63) is 15.9 Å². The van der Waals surface area contributed by atoms with Gasteiger partial charge in [-0.05, 0) is 42.6 Å². The minimum absolute atomic E-state index is 0.123. The highest BCUT2D eigenvalue weighted by Crippen LogP contribution is 2.44. The summed E-state index contributed by atoms with van der Waals surface area (Å²) in [5.74, 6) is 0. The van der Waals surface area contributed by atoms with Crippen molar-refractivity contribution in [1.29, 1.82) is 5.26 Å². The van der Waals surface area contributed by atoms with Crippen LogP contribution in [-0.2, 0) is 13.0 Å². The first kappa shape index (κ1) is 11.7. The number of halogens is 1. The Kier molecular flexibility index (Phi) is 3.07. The first-order valence-electron chi connectivity index (χ1n) is 5.75. The monoisotopic (exact) mass is 281 g/mol. The molecule has 0 aliphatic heterocycles. The number of aromatic nitrogens is 2. The average Bonchev–Trinajstić information content (AvgIpc) is 2.50. The van der Waals surface area contributed by atoms with E-state index in [1.165, 1.54) is 12.1 Å². The van der Waals surface area contributed by atoms with Crippen LogP contribution in [-0.4, -0.2) is 9.78 Å². The maximum atomic E-state index is 9.26. The molecule has 0 saturated heterocycles. The summed E-state index contributed by atoms with van der Waals surface area (Å²) in [6, 6.07) is 2.49. The molecule has 0 amide bonds. The van der Waals surface area contributed by atoms with Crippen molar-refractivity contribution in [3.8, 4) is 6.07 Å². The molecule has 4 heteroatoms. The highest BCUT2D eigenvalue weighted by atomic mass is 79.9. The first-order chi connectivity index (χ1) is 7.62. The Balaban J connectivity index is 2.30. The Hall–Kier alpha value is -0.820. The fourth-order valence-corrected chi connectivity index (χ4v) is 2.71. The zero-order valence-corrected chi connectivity index (χ0v) is 11.3. The number of aryl methyl sites for hydroxylation is 2. The van der Waals surface area contributed by atoms with Crippen LogP contribution >= 0.6 is 15.9 Å². The summed E-state index contributed by atoms with van der Waals surface area (Å²) in [5.41, 5.74) is 2.08. The number of nitriles is 1. The van der Waals surface area contributed by atoms with E-state index in [2.05, 4.69) is 34.0 Å². The predicted octanol–water partition coefficient (Wildman–Crippen LogP) is 3.21. The van der Waals surface area contributed by atoms with Crippen molar-refractivity contribution < 1.29 is 0 Å². The van der Waals surface area contributed by atoms with Gasteiger partial charge in [0.05, 0.1) is 27.3 Å². The van der Waals surface area contributed by atoms with Gasteiger partial charge in [-0.15, -0.1) is 0 Å². The van der Waals surface area contributed by atoms with E-state index in [0.29, 0.717) is 0 Å². The Bertz CT molecular complexity index is 438. The minimum atomic E-state index is -0.123. The Morgan fingerprint density at radius 1 is 1.56 bits per heavy atom. The van der Waals surface area contributed by atoms with Crippen molar-refractivity contribution in [2.75, 3.05) is 0 Å². The van der Waals surface area contributed by atoms with Crippen LogP contribution in [0.2, 0.25) is 0 Å². The lowest BCUT2D eigenvalue weighted by atomic mass is 9.67. The molecular formula is C12H16BrN3. The number of hydrogen-bond donors (Lipinski definition) is 0. The second kappa shape index (κ2) is 4.21. The van der Waals surface area contributed by atoms with Crippen LogP contribution in [0.1, 0.15) is 37.6 Å². The van der Waals surface area contributed by atoms with Crippen LogP contribution in [0.25, 0.3) is 0 Å². The minimum Gasteiger partial charge on any atom is -0.268 e. The van der Waals surface area contributed by atoms with Gasteiger partial charge in [0.2, 0.25) is 0 Å². The molecule has 0 unspecified atom stereocenters. The van der Waals surface area contributed by atoms with Crippen LogP contribution in [0.4, 0.5) is 0 Å². The molecule has 0 aromatic carbocycles. The molecule has 1 aromatic heterocycles. The van der Waals surface area contributed by atoms with Crippen LogP contribution in [0.15, 0.2) is 4.47 Å². The van der Waals surface area contributed by atoms with Crippen molar-refractivity contribution in [2.24, 2.45) is 5.41 Å². The van der Waals surface area contributed by atoms with E-state index >= 15 is 0 Å². The van der Waals surface area contributed by atoms with E-state index < -0.39 is 0 Å². The topological polar surface area (TPSA) is 41.6 Å². The van der Waals surface area contributed by atoms with Crippen LogP contribution in [0.5, 0.6) is 0 Å². The molecule has 86 valence electrons. The summed E-state index contributed by atoms with van der Waals surface area (Å²) in [6.07, 6.45) is 4.08. The second-order valence-electron chi connectivity index (χ2n) is 4.58. The van der Waals surface area contributed by atoms with Crippen molar-refractivity contribution in [2.45, 2.75) is 46.1 Å². The van der Waals surface area contributed by atoms with E-state index in [1.807, 2.05) is 11.6 Å². The maximum Gasteiger partial charge on any atom is 0.0738 e. The van der Waals surface area contributed by atoms with E-state index in [1.54, 1.807) is 0 Å². The summed E-state index contributed by atoms with van der Waals surface area (Å²) in [4.78, 5) is 0. The molecule has 1 fully saturated rings. The molecule has 3 nitrogen and oxygen atoms in total. The maximum absolute atomic E-state index is 9.26. The largest absolute Gasteiger partial charge is 0.268 e. The molecule has 0 spiro atoms. The fraction of sp³-hybridized carbons (Fsp3) is 0.667. The summed E-state index contributed by atoms with van der Waals surface area (Å²) < 4.78 is 3.09. The molecule has 1 aliphatic carbocycles. The number of nitrogens with zero attached hydrogens (tertiary/aromatic N) is 3. The third kappa shape index (κ3) is 1.78. The highest BCUT2D eigenvalue weighted by molar-refractivity contribution is 9.10. The van der Waals surface area contributed by atoms with Gasteiger partial charge in [0.15, 0.2) is 0 Å². The van der Waals surface area contributed by atoms with Crippen molar-refractivity contribution in [1.82, 2.24) is 9.78 Å². The number of rotatable bonds is 3. The molecule has 16 heavy (non-hydrogen) atoms. The SMILES string of the molecule is CCn1nc(C)c(Br)c1CC1(C#N)CCC1. The van der Waals surface area contributed by atoms with Gasteiger partial charge in [-0.2, -0.15) is 10.4 Å². The molecular weight excluding hydrogens is 266 g/mol. The average molecular weight is 282 g/mol. The summed E-state index contributed by atoms with van der Waals surface area (Å²) in [7, 11) is 0. The van der Waals surface area contributed by atoms with Crippen molar-refractivity contribution >= 4 is 15.9 Å². The molecule has 1 aromatic rings. The lowest BCUT2D eigenvalue weighted by Crippen LogP contribution is -2.31. The van der Waals surface area contributed by atoms with Gasteiger partial charge in [0.1, 0.15) is 0 Å². The van der Waals surface area contributed by atoms with Gasteiger partial charge in [-0.1, -0.05) is 6.42 Å². The smallest absolute Gasteiger partial charge is 0.0738 e. The van der Waals surface area contributed by atoms with E-state index in [-0.39, 0.29) is 5.41 Å². The molecule has 0 bridgehead atoms. The molecule has 0 radical (unpaired) electrons. The zero-order chi connectivity index (χ0) is 11.8. The van der Waals surface area contributed by atoms with Gasteiger partial charge in [-0.3, -0.25) is 4.68 Å². The quantitative estimate of drug-likeness (QED) is 0.854. The predicted molar refractivity (Wildman–Crippen MR) is 65.9 cm³/mol. The summed E-state index contributed by atoms with van der Waals surface area (Å²) in [5, 5.41) is 13.7.